The Hall–Kier alpha value is -6.34. The highest BCUT2D eigenvalue weighted by Gasteiger charge is 2.45. The molecule has 0 radical (unpaired) electrons. The number of fused-ring (bicyclic) bond motifs is 5. The third-order valence-electron chi connectivity index (χ3n) is 10.5. The number of rotatable bonds is 17. The first-order valence-corrected chi connectivity index (χ1v) is 19.5. The smallest absolute Gasteiger partial charge is 0.343 e. The van der Waals surface area contributed by atoms with Crippen molar-refractivity contribution in [3.8, 4) is 17.1 Å². The molecule has 18 nitrogen and oxygen atoms in total. The van der Waals surface area contributed by atoms with Crippen LogP contribution in [0.5, 0.6) is 5.75 Å². The molecule has 5 aromatic rings. The Bertz CT molecular complexity index is 2540. The highest BCUT2D eigenvalue weighted by atomic mass is 16.6. The number of carbonyl (C=O) groups is 4. The predicted octanol–water partition coefficient (Wildman–Crippen LogP) is 3.23. The predicted molar refractivity (Wildman–Crippen MR) is 220 cm³/mol. The maximum absolute atomic E-state index is 13.5. The van der Waals surface area contributed by atoms with E-state index in [0.29, 0.717) is 46.9 Å². The molecule has 3 amide bonds. The maximum atomic E-state index is 13.5. The molecule has 2 aliphatic rings. The molecule has 4 aromatic heterocycles. The van der Waals surface area contributed by atoms with Gasteiger partial charge in [-0.3, -0.25) is 19.2 Å². The zero-order valence-corrected chi connectivity index (χ0v) is 34.1. The molecule has 0 saturated heterocycles. The molecule has 0 spiro atoms. The maximum Gasteiger partial charge on any atom is 0.343 e. The molecular weight excluding hydrogens is 777 g/mol. The van der Waals surface area contributed by atoms with Crippen LogP contribution in [0.1, 0.15) is 63.9 Å². The summed E-state index contributed by atoms with van der Waals surface area (Å²) in [5, 5.41) is 20.4. The van der Waals surface area contributed by atoms with E-state index in [-0.39, 0.29) is 80.2 Å². The highest BCUT2D eigenvalue weighted by Crippen LogP contribution is 2.39. The van der Waals surface area contributed by atoms with Crippen LogP contribution in [0.15, 0.2) is 59.7 Å². The summed E-state index contributed by atoms with van der Waals surface area (Å²) in [6.45, 7) is 2.93. The van der Waals surface area contributed by atoms with Gasteiger partial charge in [-0.05, 0) is 75.9 Å². The molecule has 0 aliphatic carbocycles. The number of cyclic esters (lactones) is 1. The lowest BCUT2D eigenvalue weighted by atomic mass is 9.86. The van der Waals surface area contributed by atoms with Gasteiger partial charge in [0.15, 0.2) is 5.60 Å². The summed E-state index contributed by atoms with van der Waals surface area (Å²) >= 11 is 0. The van der Waals surface area contributed by atoms with Gasteiger partial charge in [0.25, 0.3) is 17.4 Å². The second-order valence-electron chi connectivity index (χ2n) is 15.0. The summed E-state index contributed by atoms with van der Waals surface area (Å²) in [6.07, 6.45) is 4.31. The molecule has 18 heteroatoms. The molecule has 0 fully saturated rings. The number of benzene rings is 1. The minimum atomic E-state index is -1.90. The standard InChI is InChI=1S/C42H48N8O10/c1-6-42(56)31-18-33-37-26(19-50(33)40(54)30(31)22-60-41(42)55)14-25-15-29(9-10-32(25)46-37)59-13-11-43-38(52)34-17-28(21-48(34)23-57-4)45-39(53)35-16-27(20-49(35)24-58-5)44-36(51)8-7-12-47(2)3/h9-10,14-18,20-21,56H,6-8,11-13,19,22-24H2,1-5H3,(H,43,52)(H,44,51)(H,45,53). The molecule has 0 bridgehead atoms. The average molecular weight is 825 g/mol. The van der Waals surface area contributed by atoms with E-state index in [0.717, 1.165) is 17.5 Å². The Morgan fingerprint density at radius 2 is 1.65 bits per heavy atom. The fraction of sp³-hybridized carbons (Fsp3) is 0.381. The lowest BCUT2D eigenvalue weighted by molar-refractivity contribution is -0.172. The van der Waals surface area contributed by atoms with Crippen LogP contribution in [0.25, 0.3) is 22.3 Å². The monoisotopic (exact) mass is 824 g/mol. The van der Waals surface area contributed by atoms with Crippen molar-refractivity contribution < 1.29 is 43.2 Å². The van der Waals surface area contributed by atoms with Crippen molar-refractivity contribution in [1.82, 2.24) is 28.9 Å². The van der Waals surface area contributed by atoms with E-state index < -0.39 is 23.4 Å². The molecule has 2 aliphatic heterocycles. The summed E-state index contributed by atoms with van der Waals surface area (Å²) in [5.41, 5.74) is 2.18. The van der Waals surface area contributed by atoms with E-state index >= 15 is 0 Å². The summed E-state index contributed by atoms with van der Waals surface area (Å²) in [5.74, 6) is -1.28. The van der Waals surface area contributed by atoms with Gasteiger partial charge in [-0.15, -0.1) is 0 Å². The van der Waals surface area contributed by atoms with Crippen molar-refractivity contribution in [3.63, 3.8) is 0 Å². The number of aromatic nitrogens is 4. The molecule has 60 heavy (non-hydrogen) atoms. The largest absolute Gasteiger partial charge is 0.492 e. The summed E-state index contributed by atoms with van der Waals surface area (Å²) in [4.78, 5) is 72.1. The Kier molecular flexibility index (Phi) is 12.2. The van der Waals surface area contributed by atoms with Crippen LogP contribution in [0, 0.1) is 0 Å². The molecule has 1 atom stereocenters. The van der Waals surface area contributed by atoms with Crippen LogP contribution in [-0.4, -0.2) is 100 Å². The van der Waals surface area contributed by atoms with Crippen molar-refractivity contribution >= 4 is 46.0 Å². The van der Waals surface area contributed by atoms with E-state index in [4.69, 9.17) is 23.9 Å². The Balaban J connectivity index is 0.976. The third-order valence-corrected chi connectivity index (χ3v) is 10.5. The second-order valence-corrected chi connectivity index (χ2v) is 15.0. The Labute approximate surface area is 345 Å². The molecule has 4 N–H and O–H groups in total. The van der Waals surface area contributed by atoms with Crippen molar-refractivity contribution in [2.24, 2.45) is 0 Å². The molecule has 7 rings (SSSR count). The number of hydrogen-bond donors (Lipinski definition) is 4. The Morgan fingerprint density at radius 1 is 0.950 bits per heavy atom. The zero-order chi connectivity index (χ0) is 42.7. The van der Waals surface area contributed by atoms with Crippen molar-refractivity contribution in [1.29, 1.82) is 0 Å². The number of ether oxygens (including phenoxy) is 4. The summed E-state index contributed by atoms with van der Waals surface area (Å²) < 4.78 is 26.4. The van der Waals surface area contributed by atoms with Crippen LogP contribution in [0.2, 0.25) is 0 Å². The first-order valence-electron chi connectivity index (χ1n) is 19.5. The van der Waals surface area contributed by atoms with Gasteiger partial charge < -0.3 is 58.6 Å². The van der Waals surface area contributed by atoms with E-state index in [9.17, 15) is 29.1 Å². The number of amides is 3. The van der Waals surface area contributed by atoms with Crippen molar-refractivity contribution in [2.45, 2.75) is 58.4 Å². The normalized spacial score (nSPS) is 15.3. The second kappa shape index (κ2) is 17.5. The first kappa shape index (κ1) is 41.8. The number of nitrogens with zero attached hydrogens (tertiary/aromatic N) is 5. The molecular formula is C42H48N8O10. The topological polar surface area (TPSA) is 210 Å². The van der Waals surface area contributed by atoms with Crippen LogP contribution in [-0.2, 0) is 56.0 Å². The van der Waals surface area contributed by atoms with Gasteiger partial charge in [0.1, 0.15) is 43.8 Å². The van der Waals surface area contributed by atoms with Gasteiger partial charge in [-0.1, -0.05) is 6.92 Å². The van der Waals surface area contributed by atoms with Crippen molar-refractivity contribution in [3.05, 3.63) is 93.3 Å². The fourth-order valence-corrected chi connectivity index (χ4v) is 7.48. The first-order chi connectivity index (χ1) is 28.8. The highest BCUT2D eigenvalue weighted by molar-refractivity contribution is 6.05. The van der Waals surface area contributed by atoms with E-state index in [1.54, 1.807) is 57.3 Å². The third kappa shape index (κ3) is 8.40. The minimum absolute atomic E-state index is 0.0467. The number of anilines is 2. The van der Waals surface area contributed by atoms with E-state index in [1.807, 2.05) is 31.1 Å². The quantitative estimate of drug-likeness (QED) is 0.0773. The van der Waals surface area contributed by atoms with E-state index in [2.05, 4.69) is 16.0 Å². The number of methoxy groups -OCH3 is 2. The number of aliphatic hydroxyl groups is 1. The van der Waals surface area contributed by atoms with Crippen molar-refractivity contribution in [2.75, 3.05) is 58.6 Å². The molecule has 6 heterocycles. The summed E-state index contributed by atoms with van der Waals surface area (Å²) in [7, 11) is 6.88. The van der Waals surface area contributed by atoms with Gasteiger partial charge in [0, 0.05) is 49.5 Å². The van der Waals surface area contributed by atoms with Gasteiger partial charge >= 0.3 is 5.97 Å². The number of nitrogens with one attached hydrogen (secondary N) is 3. The number of esters is 1. The zero-order valence-electron chi connectivity index (χ0n) is 34.1. The van der Waals surface area contributed by atoms with Gasteiger partial charge in [-0.25, -0.2) is 9.78 Å². The SMILES string of the molecule is CCC1(O)C(=O)OCc2c1cc1n(c2=O)Cc2cc3cc(OCCNC(=O)c4cc(NC(=O)c5cc(NC(=O)CCCN(C)C)cn5COC)cn4COC)ccc3nc2-1. The number of hydrogen-bond acceptors (Lipinski definition) is 12. The average Bonchev–Trinajstić information content (AvgIpc) is 3.92. The molecule has 1 unspecified atom stereocenters. The molecule has 316 valence electrons. The van der Waals surface area contributed by atoms with Gasteiger partial charge in [-0.2, -0.15) is 0 Å². The summed E-state index contributed by atoms with van der Waals surface area (Å²) in [6, 6.07) is 12.1. The van der Waals surface area contributed by atoms with Crippen LogP contribution in [0.3, 0.4) is 0 Å². The Morgan fingerprint density at radius 3 is 2.33 bits per heavy atom. The fourth-order valence-electron chi connectivity index (χ4n) is 7.48. The van der Waals surface area contributed by atoms with Crippen LogP contribution in [0.4, 0.5) is 11.4 Å². The lowest BCUT2D eigenvalue weighted by Crippen LogP contribution is -2.44. The van der Waals surface area contributed by atoms with Crippen LogP contribution >= 0.6 is 0 Å². The van der Waals surface area contributed by atoms with Gasteiger partial charge in [0.2, 0.25) is 5.91 Å². The van der Waals surface area contributed by atoms with Gasteiger partial charge in [0.05, 0.1) is 46.9 Å². The van der Waals surface area contributed by atoms with E-state index in [1.165, 1.54) is 20.3 Å². The lowest BCUT2D eigenvalue weighted by Gasteiger charge is -2.31. The molecule has 0 saturated carbocycles. The molecule has 1 aromatic carbocycles. The number of carbonyl (C=O) groups excluding carboxylic acids is 4. The number of pyridine rings is 2. The van der Waals surface area contributed by atoms with Crippen LogP contribution < -0.4 is 26.2 Å². The minimum Gasteiger partial charge on any atom is -0.492 e.